The molecule has 0 fully saturated rings. The maximum atomic E-state index is 14.0. The molecule has 1 N–H and O–H groups in total. The van der Waals surface area contributed by atoms with Gasteiger partial charge in [-0.2, -0.15) is 0 Å². The van der Waals surface area contributed by atoms with E-state index in [4.69, 9.17) is 4.74 Å². The Labute approximate surface area is 130 Å². The zero-order valence-corrected chi connectivity index (χ0v) is 13.2. The first-order valence-corrected chi connectivity index (χ1v) is 7.37. The van der Waals surface area contributed by atoms with Crippen LogP contribution in [0.25, 0.3) is 0 Å². The molecule has 1 aliphatic rings. The van der Waals surface area contributed by atoms with E-state index in [1.165, 1.54) is 12.1 Å². The van der Waals surface area contributed by atoms with Crippen molar-refractivity contribution in [3.8, 4) is 5.75 Å². The van der Waals surface area contributed by atoms with Crippen molar-refractivity contribution in [3.05, 3.63) is 58.1 Å². The zero-order chi connectivity index (χ0) is 15.2. The highest BCUT2D eigenvalue weighted by molar-refractivity contribution is 9.10. The highest BCUT2D eigenvalue weighted by Crippen LogP contribution is 2.45. The first-order valence-electron chi connectivity index (χ1n) is 6.57. The molecule has 0 aliphatic carbocycles. The SMILES string of the molecule is CC1(C)Oc2ccccc2C1Nc1c(F)cc(Br)cc1F. The van der Waals surface area contributed by atoms with Crippen molar-refractivity contribution in [3.63, 3.8) is 0 Å². The second-order valence-corrected chi connectivity index (χ2v) is 6.48. The number of fused-ring (bicyclic) bond motifs is 1. The Bertz CT molecular complexity index is 679. The van der Waals surface area contributed by atoms with Crippen molar-refractivity contribution in [1.29, 1.82) is 0 Å². The molecule has 21 heavy (non-hydrogen) atoms. The third-order valence-electron chi connectivity index (χ3n) is 3.59. The minimum atomic E-state index is -0.637. The smallest absolute Gasteiger partial charge is 0.150 e. The quantitative estimate of drug-likeness (QED) is 0.815. The minimum absolute atomic E-state index is 0.142. The molecule has 0 bridgehead atoms. The van der Waals surface area contributed by atoms with E-state index >= 15 is 0 Å². The third kappa shape index (κ3) is 2.50. The Morgan fingerprint density at radius 3 is 2.43 bits per heavy atom. The summed E-state index contributed by atoms with van der Waals surface area (Å²) in [5, 5.41) is 2.96. The number of anilines is 1. The molecule has 0 spiro atoms. The summed E-state index contributed by atoms with van der Waals surface area (Å²) >= 11 is 3.08. The summed E-state index contributed by atoms with van der Waals surface area (Å²) in [7, 11) is 0. The maximum absolute atomic E-state index is 14.0. The lowest BCUT2D eigenvalue weighted by Gasteiger charge is -2.28. The van der Waals surface area contributed by atoms with Crippen LogP contribution in [0.2, 0.25) is 0 Å². The lowest BCUT2D eigenvalue weighted by atomic mass is 9.94. The highest BCUT2D eigenvalue weighted by Gasteiger charge is 2.41. The van der Waals surface area contributed by atoms with Crippen LogP contribution in [-0.2, 0) is 0 Å². The van der Waals surface area contributed by atoms with E-state index in [1.807, 2.05) is 38.1 Å². The van der Waals surface area contributed by atoms with Gasteiger partial charge < -0.3 is 10.1 Å². The molecule has 0 radical (unpaired) electrons. The Balaban J connectivity index is 2.02. The molecule has 0 saturated carbocycles. The number of nitrogens with one attached hydrogen (secondary N) is 1. The summed E-state index contributed by atoms with van der Waals surface area (Å²) in [5.74, 6) is -0.540. The van der Waals surface area contributed by atoms with Crippen LogP contribution in [0.5, 0.6) is 5.75 Å². The van der Waals surface area contributed by atoms with Crippen molar-refractivity contribution in [2.24, 2.45) is 0 Å². The summed E-state index contributed by atoms with van der Waals surface area (Å²) in [6.07, 6.45) is 0. The van der Waals surface area contributed by atoms with E-state index in [9.17, 15) is 8.78 Å². The number of ether oxygens (including phenoxy) is 1. The van der Waals surface area contributed by atoms with E-state index in [-0.39, 0.29) is 11.7 Å². The molecule has 0 saturated heterocycles. The van der Waals surface area contributed by atoms with Gasteiger partial charge in [-0.3, -0.25) is 0 Å². The molecule has 5 heteroatoms. The van der Waals surface area contributed by atoms with Crippen molar-refractivity contribution >= 4 is 21.6 Å². The van der Waals surface area contributed by atoms with Crippen LogP contribution in [0.1, 0.15) is 25.5 Å². The van der Waals surface area contributed by atoms with Gasteiger partial charge in [-0.1, -0.05) is 34.1 Å². The van der Waals surface area contributed by atoms with E-state index in [0.29, 0.717) is 4.47 Å². The fourth-order valence-electron chi connectivity index (χ4n) is 2.60. The monoisotopic (exact) mass is 353 g/mol. The van der Waals surface area contributed by atoms with Crippen LogP contribution in [-0.4, -0.2) is 5.60 Å². The van der Waals surface area contributed by atoms with Gasteiger partial charge in [-0.15, -0.1) is 0 Å². The van der Waals surface area contributed by atoms with Crippen LogP contribution >= 0.6 is 15.9 Å². The summed E-state index contributed by atoms with van der Waals surface area (Å²) in [6, 6.07) is 9.65. The molecule has 1 unspecified atom stereocenters. The molecule has 2 aromatic rings. The maximum Gasteiger partial charge on any atom is 0.150 e. The predicted molar refractivity (Wildman–Crippen MR) is 81.6 cm³/mol. The molecular weight excluding hydrogens is 340 g/mol. The number of rotatable bonds is 2. The molecule has 1 heterocycles. The average Bonchev–Trinajstić information content (AvgIpc) is 2.63. The van der Waals surface area contributed by atoms with Crippen LogP contribution in [0.3, 0.4) is 0 Å². The number of benzene rings is 2. The second-order valence-electron chi connectivity index (χ2n) is 5.57. The van der Waals surface area contributed by atoms with Crippen molar-refractivity contribution in [2.45, 2.75) is 25.5 Å². The number of para-hydroxylation sites is 1. The zero-order valence-electron chi connectivity index (χ0n) is 11.6. The topological polar surface area (TPSA) is 21.3 Å². The minimum Gasteiger partial charge on any atom is -0.485 e. The van der Waals surface area contributed by atoms with Crippen LogP contribution in [0.4, 0.5) is 14.5 Å². The number of halogens is 3. The molecule has 0 amide bonds. The molecule has 110 valence electrons. The standard InChI is InChI=1S/C16H14BrF2NO/c1-16(2)15(10-5-3-4-6-13(10)21-16)20-14-11(18)7-9(17)8-12(14)19/h3-8,15,20H,1-2H3. The van der Waals surface area contributed by atoms with Gasteiger partial charge in [-0.05, 0) is 32.0 Å². The second kappa shape index (κ2) is 4.98. The van der Waals surface area contributed by atoms with Gasteiger partial charge in [0.2, 0.25) is 0 Å². The van der Waals surface area contributed by atoms with Gasteiger partial charge in [0.1, 0.15) is 28.7 Å². The van der Waals surface area contributed by atoms with Gasteiger partial charge >= 0.3 is 0 Å². The van der Waals surface area contributed by atoms with E-state index in [0.717, 1.165) is 11.3 Å². The Hall–Kier alpha value is -1.62. The van der Waals surface area contributed by atoms with Crippen molar-refractivity contribution < 1.29 is 13.5 Å². The summed E-state index contributed by atoms with van der Waals surface area (Å²) in [6.45, 7) is 3.78. The van der Waals surface area contributed by atoms with Gasteiger partial charge in [0.25, 0.3) is 0 Å². The summed E-state index contributed by atoms with van der Waals surface area (Å²) in [5.41, 5.74) is 0.149. The predicted octanol–water partition coefficient (Wildman–Crippen LogP) is 5.05. The molecule has 3 rings (SSSR count). The largest absolute Gasteiger partial charge is 0.485 e. The summed E-state index contributed by atoms with van der Waals surface area (Å²) < 4.78 is 34.3. The number of hydrogen-bond acceptors (Lipinski definition) is 2. The molecule has 1 atom stereocenters. The fourth-order valence-corrected chi connectivity index (χ4v) is 3.01. The lowest BCUT2D eigenvalue weighted by Crippen LogP contribution is -2.35. The molecular formula is C16H14BrF2NO. The lowest BCUT2D eigenvalue weighted by molar-refractivity contribution is 0.118. The first kappa shape index (κ1) is 14.3. The first-order chi connectivity index (χ1) is 9.88. The van der Waals surface area contributed by atoms with Crippen LogP contribution < -0.4 is 10.1 Å². The Morgan fingerprint density at radius 1 is 1.14 bits per heavy atom. The Kier molecular flexibility index (Phi) is 3.40. The molecule has 2 nitrogen and oxygen atoms in total. The molecule has 2 aromatic carbocycles. The van der Waals surface area contributed by atoms with Gasteiger partial charge in [0.05, 0.1) is 6.04 Å². The van der Waals surface area contributed by atoms with E-state index in [1.54, 1.807) is 0 Å². The average molecular weight is 354 g/mol. The third-order valence-corrected chi connectivity index (χ3v) is 4.05. The number of hydrogen-bond donors (Lipinski definition) is 1. The molecule has 1 aliphatic heterocycles. The summed E-state index contributed by atoms with van der Waals surface area (Å²) in [4.78, 5) is 0. The Morgan fingerprint density at radius 2 is 1.76 bits per heavy atom. The van der Waals surface area contributed by atoms with E-state index < -0.39 is 17.2 Å². The van der Waals surface area contributed by atoms with Gasteiger partial charge in [0.15, 0.2) is 0 Å². The van der Waals surface area contributed by atoms with E-state index in [2.05, 4.69) is 21.2 Å². The molecule has 0 aromatic heterocycles. The van der Waals surface area contributed by atoms with Crippen molar-refractivity contribution in [1.82, 2.24) is 0 Å². The van der Waals surface area contributed by atoms with Gasteiger partial charge in [-0.25, -0.2) is 8.78 Å². The van der Waals surface area contributed by atoms with Gasteiger partial charge in [0, 0.05) is 10.0 Å². The van der Waals surface area contributed by atoms with Crippen molar-refractivity contribution in [2.75, 3.05) is 5.32 Å². The normalized spacial score (nSPS) is 19.0. The fraction of sp³-hybridized carbons (Fsp3) is 0.250. The van der Waals surface area contributed by atoms with Crippen LogP contribution in [0, 0.1) is 11.6 Å². The highest BCUT2D eigenvalue weighted by atomic mass is 79.9. The van der Waals surface area contributed by atoms with Crippen LogP contribution in [0.15, 0.2) is 40.9 Å².